The minimum Gasteiger partial charge on any atom is -0.495 e. The fraction of sp³-hybridized carbons (Fsp3) is 0.0769. The Bertz CT molecular complexity index is 781. The Kier molecular flexibility index (Phi) is 4.24. The molecule has 2 rings (SSSR count). The maximum absolute atomic E-state index is 13.1. The summed E-state index contributed by atoms with van der Waals surface area (Å²) in [6, 6.07) is 7.59. The third-order valence-electron chi connectivity index (χ3n) is 2.68. The maximum Gasteiger partial charge on any atom is 0.261 e. The van der Waals surface area contributed by atoms with Gasteiger partial charge in [-0.1, -0.05) is 11.6 Å². The predicted octanol–water partition coefficient (Wildman–Crippen LogP) is 2.87. The Balaban J connectivity index is 2.33. The van der Waals surface area contributed by atoms with Crippen molar-refractivity contribution in [3.05, 3.63) is 47.2 Å². The van der Waals surface area contributed by atoms with E-state index in [1.165, 1.54) is 37.4 Å². The first kappa shape index (κ1) is 15.4. The van der Waals surface area contributed by atoms with Crippen LogP contribution in [0.1, 0.15) is 0 Å². The van der Waals surface area contributed by atoms with Crippen LogP contribution in [0.15, 0.2) is 41.3 Å². The number of sulfonamides is 1. The molecule has 2 aromatic rings. The van der Waals surface area contributed by atoms with Crippen LogP contribution in [0.4, 0.5) is 15.8 Å². The van der Waals surface area contributed by atoms with Crippen LogP contribution in [0, 0.1) is 5.82 Å². The lowest BCUT2D eigenvalue weighted by Gasteiger charge is -2.10. The molecule has 0 heterocycles. The number of nitrogens with two attached hydrogens (primary N) is 1. The first-order valence-corrected chi connectivity index (χ1v) is 7.61. The van der Waals surface area contributed by atoms with Crippen molar-refractivity contribution in [1.82, 2.24) is 0 Å². The van der Waals surface area contributed by atoms with Crippen LogP contribution in [-0.4, -0.2) is 15.5 Å². The Morgan fingerprint density at radius 3 is 2.52 bits per heavy atom. The monoisotopic (exact) mass is 330 g/mol. The van der Waals surface area contributed by atoms with Crippen molar-refractivity contribution < 1.29 is 17.5 Å². The summed E-state index contributed by atoms with van der Waals surface area (Å²) in [5, 5.41) is 0.166. The molecule has 0 saturated heterocycles. The van der Waals surface area contributed by atoms with Crippen LogP contribution in [0.3, 0.4) is 0 Å². The largest absolute Gasteiger partial charge is 0.495 e. The Hall–Kier alpha value is -1.99. The molecule has 8 heteroatoms. The van der Waals surface area contributed by atoms with Crippen molar-refractivity contribution in [2.75, 3.05) is 17.6 Å². The molecule has 0 fully saturated rings. The topological polar surface area (TPSA) is 81.4 Å². The number of ether oxygens (including phenoxy) is 1. The number of nitrogen functional groups attached to an aromatic ring is 1. The molecule has 0 atom stereocenters. The van der Waals surface area contributed by atoms with Gasteiger partial charge in [0.1, 0.15) is 11.6 Å². The molecule has 0 aliphatic rings. The van der Waals surface area contributed by atoms with Gasteiger partial charge in [-0.05, 0) is 36.4 Å². The third-order valence-corrected chi connectivity index (χ3v) is 4.36. The van der Waals surface area contributed by atoms with Crippen LogP contribution >= 0.6 is 11.6 Å². The number of hydrogen-bond acceptors (Lipinski definition) is 4. The number of anilines is 2. The van der Waals surface area contributed by atoms with Gasteiger partial charge in [-0.15, -0.1) is 0 Å². The van der Waals surface area contributed by atoms with E-state index in [1.807, 2.05) is 0 Å². The zero-order valence-corrected chi connectivity index (χ0v) is 12.5. The van der Waals surface area contributed by atoms with E-state index < -0.39 is 15.8 Å². The highest BCUT2D eigenvalue weighted by Crippen LogP contribution is 2.28. The Morgan fingerprint density at radius 2 is 1.95 bits per heavy atom. The SMILES string of the molecule is COc1ccc(S(=O)(=O)Nc2ccc(F)c(N)c2)cc1Cl. The molecule has 0 saturated carbocycles. The summed E-state index contributed by atoms with van der Waals surface area (Å²) in [6.45, 7) is 0. The summed E-state index contributed by atoms with van der Waals surface area (Å²) in [5.41, 5.74) is 5.40. The van der Waals surface area contributed by atoms with E-state index in [0.29, 0.717) is 5.75 Å². The Morgan fingerprint density at radius 1 is 1.24 bits per heavy atom. The van der Waals surface area contributed by atoms with Gasteiger partial charge in [0.25, 0.3) is 10.0 Å². The second kappa shape index (κ2) is 5.79. The van der Waals surface area contributed by atoms with E-state index in [-0.39, 0.29) is 21.3 Å². The van der Waals surface area contributed by atoms with Gasteiger partial charge in [0.05, 0.1) is 28.4 Å². The van der Waals surface area contributed by atoms with E-state index in [1.54, 1.807) is 0 Å². The summed E-state index contributed by atoms with van der Waals surface area (Å²) >= 11 is 5.90. The van der Waals surface area contributed by atoms with E-state index in [4.69, 9.17) is 22.1 Å². The van der Waals surface area contributed by atoms with Crippen molar-refractivity contribution in [2.24, 2.45) is 0 Å². The molecular weight excluding hydrogens is 319 g/mol. The highest BCUT2D eigenvalue weighted by Gasteiger charge is 2.16. The van der Waals surface area contributed by atoms with E-state index in [2.05, 4.69) is 4.72 Å². The fourth-order valence-corrected chi connectivity index (χ4v) is 3.03. The van der Waals surface area contributed by atoms with Crippen molar-refractivity contribution in [3.8, 4) is 5.75 Å². The van der Waals surface area contributed by atoms with Gasteiger partial charge >= 0.3 is 0 Å². The lowest BCUT2D eigenvalue weighted by molar-refractivity contribution is 0.414. The number of hydrogen-bond donors (Lipinski definition) is 2. The van der Waals surface area contributed by atoms with E-state index in [0.717, 1.165) is 6.07 Å². The van der Waals surface area contributed by atoms with E-state index >= 15 is 0 Å². The second-order valence-electron chi connectivity index (χ2n) is 4.14. The highest BCUT2D eigenvalue weighted by atomic mass is 35.5. The molecule has 0 aromatic heterocycles. The summed E-state index contributed by atoms with van der Waals surface area (Å²) in [4.78, 5) is -0.0452. The zero-order chi connectivity index (χ0) is 15.6. The number of benzene rings is 2. The van der Waals surface area contributed by atoms with Crippen molar-refractivity contribution in [1.29, 1.82) is 0 Å². The van der Waals surface area contributed by atoms with Crippen LogP contribution in [0.25, 0.3) is 0 Å². The predicted molar refractivity (Wildman–Crippen MR) is 79.6 cm³/mol. The molecule has 2 aromatic carbocycles. The summed E-state index contributed by atoms with van der Waals surface area (Å²) in [7, 11) is -2.43. The van der Waals surface area contributed by atoms with Crippen LogP contribution < -0.4 is 15.2 Å². The molecular formula is C13H12ClFN2O3S. The van der Waals surface area contributed by atoms with E-state index in [9.17, 15) is 12.8 Å². The third kappa shape index (κ3) is 3.37. The fourth-order valence-electron chi connectivity index (χ4n) is 1.64. The van der Waals surface area contributed by atoms with Crippen LogP contribution in [0.5, 0.6) is 5.75 Å². The van der Waals surface area contributed by atoms with Gasteiger partial charge < -0.3 is 10.5 Å². The van der Waals surface area contributed by atoms with Crippen LogP contribution in [0.2, 0.25) is 5.02 Å². The van der Waals surface area contributed by atoms with Gasteiger partial charge in [-0.2, -0.15) is 0 Å². The Labute approximate surface area is 126 Å². The van der Waals surface area contributed by atoms with Gasteiger partial charge in [-0.3, -0.25) is 4.72 Å². The number of methoxy groups -OCH3 is 1. The van der Waals surface area contributed by atoms with Gasteiger partial charge in [0.2, 0.25) is 0 Å². The number of rotatable bonds is 4. The lowest BCUT2D eigenvalue weighted by Crippen LogP contribution is -2.13. The average Bonchev–Trinajstić information content (AvgIpc) is 2.42. The highest BCUT2D eigenvalue weighted by molar-refractivity contribution is 7.92. The average molecular weight is 331 g/mol. The van der Waals surface area contributed by atoms with Gasteiger partial charge in [-0.25, -0.2) is 12.8 Å². The van der Waals surface area contributed by atoms with Crippen LogP contribution in [-0.2, 0) is 10.0 Å². The molecule has 0 aliphatic heterocycles. The molecule has 5 nitrogen and oxygen atoms in total. The molecule has 21 heavy (non-hydrogen) atoms. The number of nitrogens with one attached hydrogen (secondary N) is 1. The first-order chi connectivity index (χ1) is 9.83. The molecule has 0 amide bonds. The molecule has 0 bridgehead atoms. The second-order valence-corrected chi connectivity index (χ2v) is 6.23. The lowest BCUT2D eigenvalue weighted by atomic mass is 10.3. The summed E-state index contributed by atoms with van der Waals surface area (Å²) < 4.78 is 44.7. The number of halogens is 2. The zero-order valence-electron chi connectivity index (χ0n) is 10.9. The summed E-state index contributed by atoms with van der Waals surface area (Å²) in [6.07, 6.45) is 0. The quantitative estimate of drug-likeness (QED) is 0.845. The molecule has 0 spiro atoms. The first-order valence-electron chi connectivity index (χ1n) is 5.75. The minimum atomic E-state index is -3.86. The standard InChI is InChI=1S/C13H12ClFN2O3S/c1-20-13-5-3-9(7-10(13)14)21(18,19)17-8-2-4-11(15)12(16)6-8/h2-7,17H,16H2,1H3. The van der Waals surface area contributed by atoms with Crippen molar-refractivity contribution in [2.45, 2.75) is 4.90 Å². The molecule has 112 valence electrons. The molecule has 0 radical (unpaired) electrons. The maximum atomic E-state index is 13.1. The molecule has 0 aliphatic carbocycles. The van der Waals surface area contributed by atoms with Crippen molar-refractivity contribution >= 4 is 33.0 Å². The normalized spacial score (nSPS) is 11.2. The van der Waals surface area contributed by atoms with Gasteiger partial charge in [0.15, 0.2) is 0 Å². The smallest absolute Gasteiger partial charge is 0.261 e. The van der Waals surface area contributed by atoms with Crippen molar-refractivity contribution in [3.63, 3.8) is 0 Å². The molecule has 0 unspecified atom stereocenters. The molecule has 3 N–H and O–H groups in total. The van der Waals surface area contributed by atoms with Gasteiger partial charge in [0, 0.05) is 0 Å². The summed E-state index contributed by atoms with van der Waals surface area (Å²) in [5.74, 6) is -0.257. The minimum absolute atomic E-state index is 0.0452.